The molecule has 1 atom stereocenters. The van der Waals surface area contributed by atoms with Gasteiger partial charge in [-0.1, -0.05) is 0 Å². The van der Waals surface area contributed by atoms with Gasteiger partial charge < -0.3 is 15.2 Å². The van der Waals surface area contributed by atoms with Gasteiger partial charge in [-0.2, -0.15) is 0 Å². The Hall–Kier alpha value is 0.0969. The quantitative estimate of drug-likeness (QED) is 0.468. The third-order valence-corrected chi connectivity index (χ3v) is 2.58. The highest BCUT2D eigenvalue weighted by Gasteiger charge is 2.25. The molecule has 1 unspecified atom stereocenters. The van der Waals surface area contributed by atoms with Crippen LogP contribution in [0.4, 0.5) is 0 Å². The monoisotopic (exact) mass is 191 g/mol. The van der Waals surface area contributed by atoms with Gasteiger partial charge in [-0.05, 0) is 20.8 Å². The summed E-state index contributed by atoms with van der Waals surface area (Å²) in [6.07, 6.45) is 0.793. The van der Waals surface area contributed by atoms with E-state index >= 15 is 0 Å². The highest BCUT2D eigenvalue weighted by Crippen LogP contribution is 2.15. The predicted octanol–water partition coefficient (Wildman–Crippen LogP) is -0.184. The van der Waals surface area contributed by atoms with Gasteiger partial charge in [0.1, 0.15) is 5.41 Å². The van der Waals surface area contributed by atoms with Crippen LogP contribution in [0, 0.1) is 0 Å². The molecule has 0 fully saturated rings. The Morgan fingerprint density at radius 3 is 2.00 bits per heavy atom. The average molecular weight is 191 g/mol. The van der Waals surface area contributed by atoms with Gasteiger partial charge in [-0.25, -0.2) is 0 Å². The van der Waals surface area contributed by atoms with Crippen LogP contribution < -0.4 is 5.73 Å². The molecule has 0 rings (SSSR count). The van der Waals surface area contributed by atoms with E-state index in [0.29, 0.717) is 13.2 Å². The molecule has 0 aromatic heterocycles. The van der Waals surface area contributed by atoms with Gasteiger partial charge in [0.25, 0.3) is 0 Å². The molecule has 0 aromatic rings. The van der Waals surface area contributed by atoms with Crippen molar-refractivity contribution in [2.24, 2.45) is 5.73 Å². The molecule has 3 nitrogen and oxygen atoms in total. The fraction of sp³-hybridized carbons (Fsp3) is 1.00. The molecule has 2 N–H and O–H groups in total. The predicted molar refractivity (Wildman–Crippen MR) is 54.2 cm³/mol. The van der Waals surface area contributed by atoms with Gasteiger partial charge in [0.05, 0.1) is 10.2 Å². The van der Waals surface area contributed by atoms with Crippen molar-refractivity contribution in [3.05, 3.63) is 0 Å². The van der Waals surface area contributed by atoms with Crippen molar-refractivity contribution in [2.45, 2.75) is 38.6 Å². The normalized spacial score (nSPS) is 15.0. The summed E-state index contributed by atoms with van der Waals surface area (Å²) in [5.41, 5.74) is 5.34. The van der Waals surface area contributed by atoms with Crippen LogP contribution in [0.5, 0.6) is 0 Å². The van der Waals surface area contributed by atoms with Gasteiger partial charge >= 0.3 is 0 Å². The summed E-state index contributed by atoms with van der Waals surface area (Å²) < 4.78 is 11.1. The SMILES string of the molecule is CCOC([SiH3])(CC(C)N)OCC. The lowest BCUT2D eigenvalue weighted by Gasteiger charge is -2.31. The van der Waals surface area contributed by atoms with Crippen LogP contribution in [-0.2, 0) is 9.47 Å². The van der Waals surface area contributed by atoms with Crippen molar-refractivity contribution in [2.75, 3.05) is 13.2 Å². The maximum Gasteiger partial charge on any atom is 0.142 e. The second kappa shape index (κ2) is 5.69. The Kier molecular flexibility index (Phi) is 5.74. The van der Waals surface area contributed by atoms with E-state index in [4.69, 9.17) is 15.2 Å². The first-order valence-corrected chi connectivity index (χ1v) is 5.57. The Labute approximate surface area is 78.0 Å². The second-order valence-electron chi connectivity index (χ2n) is 3.18. The van der Waals surface area contributed by atoms with Crippen LogP contribution in [0.2, 0.25) is 0 Å². The lowest BCUT2D eigenvalue weighted by Crippen LogP contribution is -2.41. The van der Waals surface area contributed by atoms with E-state index < -0.39 is 0 Å². The zero-order valence-corrected chi connectivity index (χ0v) is 10.6. The Morgan fingerprint density at radius 1 is 1.33 bits per heavy atom. The average Bonchev–Trinajstić information content (AvgIpc) is 1.85. The zero-order chi connectivity index (χ0) is 9.61. The number of ether oxygens (including phenoxy) is 2. The third-order valence-electron chi connectivity index (χ3n) is 1.59. The first kappa shape index (κ1) is 12.1. The van der Waals surface area contributed by atoms with Gasteiger partial charge in [0.2, 0.25) is 0 Å². The summed E-state index contributed by atoms with van der Waals surface area (Å²) >= 11 is 0. The molecule has 0 saturated carbocycles. The Morgan fingerprint density at radius 2 is 1.75 bits per heavy atom. The number of rotatable bonds is 6. The van der Waals surface area contributed by atoms with Crippen LogP contribution in [0.1, 0.15) is 27.2 Å². The van der Waals surface area contributed by atoms with Gasteiger partial charge in [-0.15, -0.1) is 0 Å². The van der Waals surface area contributed by atoms with Gasteiger partial charge in [0.15, 0.2) is 0 Å². The molecular formula is C8H21NO2Si. The van der Waals surface area contributed by atoms with Crippen LogP contribution in [-0.4, -0.2) is 34.9 Å². The van der Waals surface area contributed by atoms with Crippen molar-refractivity contribution in [3.8, 4) is 0 Å². The third kappa shape index (κ3) is 4.87. The molecule has 0 aliphatic rings. The van der Waals surface area contributed by atoms with Gasteiger partial charge in [-0.3, -0.25) is 0 Å². The molecule has 0 saturated heterocycles. The smallest absolute Gasteiger partial charge is 0.142 e. The molecule has 12 heavy (non-hydrogen) atoms. The zero-order valence-electron chi connectivity index (χ0n) is 8.59. The molecule has 0 spiro atoms. The molecule has 0 aliphatic heterocycles. The highest BCUT2D eigenvalue weighted by molar-refractivity contribution is 6.13. The second-order valence-corrected chi connectivity index (χ2v) is 4.70. The molecule has 0 amide bonds. The number of nitrogens with two attached hydrogens (primary N) is 1. The summed E-state index contributed by atoms with van der Waals surface area (Å²) in [7, 11) is 0.861. The van der Waals surface area contributed by atoms with Crippen molar-refractivity contribution >= 4 is 10.2 Å². The van der Waals surface area contributed by atoms with Crippen molar-refractivity contribution in [1.82, 2.24) is 0 Å². The summed E-state index contributed by atoms with van der Waals surface area (Å²) in [6, 6.07) is 0.139. The summed E-state index contributed by atoms with van der Waals surface area (Å²) in [5.74, 6) is 0. The first-order chi connectivity index (χ1) is 5.54. The van der Waals surface area contributed by atoms with E-state index in [9.17, 15) is 0 Å². The minimum Gasteiger partial charge on any atom is -0.355 e. The maximum absolute atomic E-state index is 5.70. The molecule has 0 bridgehead atoms. The van der Waals surface area contributed by atoms with E-state index in [1.54, 1.807) is 0 Å². The lowest BCUT2D eigenvalue weighted by atomic mass is 10.2. The van der Waals surface area contributed by atoms with Crippen molar-refractivity contribution in [3.63, 3.8) is 0 Å². The summed E-state index contributed by atoms with van der Waals surface area (Å²) in [6.45, 7) is 7.32. The van der Waals surface area contributed by atoms with E-state index in [0.717, 1.165) is 16.7 Å². The van der Waals surface area contributed by atoms with E-state index in [-0.39, 0.29) is 11.5 Å². The van der Waals surface area contributed by atoms with Crippen LogP contribution in [0.25, 0.3) is 0 Å². The molecule has 0 aromatic carbocycles. The molecule has 4 heteroatoms. The standard InChI is InChI=1S/C8H21NO2Si/c1-4-10-8(12,11-5-2)6-7(3)9/h7H,4-6,9H2,1-3,12H3. The fourth-order valence-corrected chi connectivity index (χ4v) is 2.58. The lowest BCUT2D eigenvalue weighted by molar-refractivity contribution is -0.178. The van der Waals surface area contributed by atoms with E-state index in [1.807, 2.05) is 20.8 Å². The minimum atomic E-state index is -0.363. The van der Waals surface area contributed by atoms with Crippen LogP contribution >= 0.6 is 0 Å². The number of hydrogen-bond donors (Lipinski definition) is 1. The largest absolute Gasteiger partial charge is 0.355 e. The Bertz CT molecular complexity index is 114. The molecular weight excluding hydrogens is 170 g/mol. The topological polar surface area (TPSA) is 44.5 Å². The Balaban J connectivity index is 3.98. The minimum absolute atomic E-state index is 0.139. The van der Waals surface area contributed by atoms with E-state index in [2.05, 4.69) is 0 Å². The van der Waals surface area contributed by atoms with Crippen molar-refractivity contribution in [1.29, 1.82) is 0 Å². The maximum atomic E-state index is 5.70. The molecule has 0 heterocycles. The molecule has 0 radical (unpaired) electrons. The highest BCUT2D eigenvalue weighted by atomic mass is 28.1. The summed E-state index contributed by atoms with van der Waals surface area (Å²) in [5, 5.41) is 0. The van der Waals surface area contributed by atoms with Crippen molar-refractivity contribution < 1.29 is 9.47 Å². The fourth-order valence-electron chi connectivity index (χ4n) is 1.36. The van der Waals surface area contributed by atoms with Gasteiger partial charge in [0, 0.05) is 25.7 Å². The molecule has 0 aliphatic carbocycles. The summed E-state index contributed by atoms with van der Waals surface area (Å²) in [4.78, 5) is 0. The van der Waals surface area contributed by atoms with E-state index in [1.165, 1.54) is 0 Å². The molecule has 74 valence electrons. The first-order valence-electron chi connectivity index (χ1n) is 4.57. The van der Waals surface area contributed by atoms with Crippen LogP contribution in [0.15, 0.2) is 0 Å². The number of hydrogen-bond acceptors (Lipinski definition) is 3. The van der Waals surface area contributed by atoms with Crippen LogP contribution in [0.3, 0.4) is 0 Å².